The van der Waals surface area contributed by atoms with E-state index in [1.807, 2.05) is 0 Å². The lowest BCUT2D eigenvalue weighted by Gasteiger charge is -2.05. The summed E-state index contributed by atoms with van der Waals surface area (Å²) >= 11 is 0. The van der Waals surface area contributed by atoms with E-state index in [9.17, 15) is 13.6 Å². The Bertz CT molecular complexity index is 415. The van der Waals surface area contributed by atoms with Crippen molar-refractivity contribution in [2.75, 3.05) is 0 Å². The molecule has 0 bridgehead atoms. The van der Waals surface area contributed by atoms with Gasteiger partial charge in [-0.15, -0.1) is 0 Å². The molecule has 0 spiro atoms. The first-order valence-electron chi connectivity index (χ1n) is 4.17. The predicted molar refractivity (Wildman–Crippen MR) is 48.6 cm³/mol. The first-order chi connectivity index (χ1) is 7.04. The summed E-state index contributed by atoms with van der Waals surface area (Å²) in [6, 6.07) is 3.49. The van der Waals surface area contributed by atoms with Gasteiger partial charge in [-0.05, 0) is 12.1 Å². The summed E-state index contributed by atoms with van der Waals surface area (Å²) in [5, 5.41) is 10.7. The van der Waals surface area contributed by atoms with Gasteiger partial charge in [0.1, 0.15) is 11.6 Å². The Kier molecular flexibility index (Phi) is 3.34. The van der Waals surface area contributed by atoms with Gasteiger partial charge >= 0.3 is 0 Å². The summed E-state index contributed by atoms with van der Waals surface area (Å²) in [6.45, 7) is 1.03. The standard InChI is InChI=1S/C10H8F2N2O/c1-6(15)14-5-8-9(11)2-7(4-13)3-10(8)12/h2-3H,5H2,1H3,(H,14,15). The number of nitriles is 1. The van der Waals surface area contributed by atoms with Crippen LogP contribution in [-0.2, 0) is 11.3 Å². The minimum atomic E-state index is -0.833. The zero-order valence-electron chi connectivity index (χ0n) is 7.97. The summed E-state index contributed by atoms with van der Waals surface area (Å²) in [4.78, 5) is 10.6. The van der Waals surface area contributed by atoms with E-state index in [-0.39, 0.29) is 23.6 Å². The summed E-state index contributed by atoms with van der Waals surface area (Å²) in [5.41, 5.74) is -0.333. The quantitative estimate of drug-likeness (QED) is 0.803. The number of halogens is 2. The molecule has 15 heavy (non-hydrogen) atoms. The topological polar surface area (TPSA) is 52.9 Å². The van der Waals surface area contributed by atoms with Gasteiger partial charge in [0, 0.05) is 19.0 Å². The Morgan fingerprint density at radius 3 is 2.40 bits per heavy atom. The first-order valence-corrected chi connectivity index (χ1v) is 4.17. The molecule has 0 radical (unpaired) electrons. The molecule has 0 atom stereocenters. The maximum Gasteiger partial charge on any atom is 0.217 e. The molecular formula is C10H8F2N2O. The highest BCUT2D eigenvalue weighted by Crippen LogP contribution is 2.14. The van der Waals surface area contributed by atoms with Crippen LogP contribution in [0.3, 0.4) is 0 Å². The molecule has 5 heteroatoms. The maximum atomic E-state index is 13.2. The second kappa shape index (κ2) is 4.51. The zero-order chi connectivity index (χ0) is 11.4. The fourth-order valence-corrected chi connectivity index (χ4v) is 1.05. The Morgan fingerprint density at radius 2 is 2.00 bits per heavy atom. The first kappa shape index (κ1) is 11.1. The van der Waals surface area contributed by atoms with Crippen molar-refractivity contribution in [2.24, 2.45) is 0 Å². The Morgan fingerprint density at radius 1 is 1.47 bits per heavy atom. The number of hydrogen-bond acceptors (Lipinski definition) is 2. The number of nitrogens with one attached hydrogen (secondary N) is 1. The van der Waals surface area contributed by atoms with Gasteiger partial charge in [-0.3, -0.25) is 4.79 Å². The fraction of sp³-hybridized carbons (Fsp3) is 0.200. The van der Waals surface area contributed by atoms with E-state index in [0.717, 1.165) is 12.1 Å². The smallest absolute Gasteiger partial charge is 0.217 e. The number of carbonyl (C=O) groups excluding carboxylic acids is 1. The van der Waals surface area contributed by atoms with E-state index < -0.39 is 11.6 Å². The van der Waals surface area contributed by atoms with Crippen LogP contribution in [0.1, 0.15) is 18.1 Å². The van der Waals surface area contributed by atoms with Crippen molar-refractivity contribution >= 4 is 5.91 Å². The maximum absolute atomic E-state index is 13.2. The predicted octanol–water partition coefficient (Wildman–Crippen LogP) is 1.47. The Balaban J connectivity index is 2.99. The van der Waals surface area contributed by atoms with Crippen LogP contribution >= 0.6 is 0 Å². The Hall–Kier alpha value is -1.96. The normalized spacial score (nSPS) is 9.47. The molecule has 0 fully saturated rings. The van der Waals surface area contributed by atoms with Gasteiger partial charge in [0.15, 0.2) is 0 Å². The van der Waals surface area contributed by atoms with Gasteiger partial charge < -0.3 is 5.32 Å². The van der Waals surface area contributed by atoms with Crippen molar-refractivity contribution < 1.29 is 13.6 Å². The lowest BCUT2D eigenvalue weighted by atomic mass is 10.1. The monoisotopic (exact) mass is 210 g/mol. The van der Waals surface area contributed by atoms with E-state index >= 15 is 0 Å². The van der Waals surface area contributed by atoms with Crippen molar-refractivity contribution in [3.05, 3.63) is 34.9 Å². The van der Waals surface area contributed by atoms with Gasteiger partial charge in [0.25, 0.3) is 0 Å². The molecule has 0 saturated carbocycles. The summed E-state index contributed by atoms with van der Waals surface area (Å²) in [5.74, 6) is -2.04. The van der Waals surface area contributed by atoms with Crippen LogP contribution in [0, 0.1) is 23.0 Å². The molecule has 0 aliphatic heterocycles. The molecule has 0 aliphatic carbocycles. The summed E-state index contributed by atoms with van der Waals surface area (Å²) < 4.78 is 26.4. The summed E-state index contributed by atoms with van der Waals surface area (Å²) in [7, 11) is 0. The molecule has 0 aromatic heterocycles. The van der Waals surface area contributed by atoms with Crippen LogP contribution in [0.5, 0.6) is 0 Å². The molecule has 0 heterocycles. The molecule has 1 aromatic rings. The third-order valence-electron chi connectivity index (χ3n) is 1.78. The lowest BCUT2D eigenvalue weighted by molar-refractivity contribution is -0.119. The van der Waals surface area contributed by atoms with Gasteiger partial charge in [0.2, 0.25) is 5.91 Å². The number of amides is 1. The highest BCUT2D eigenvalue weighted by molar-refractivity contribution is 5.72. The van der Waals surface area contributed by atoms with E-state index in [1.165, 1.54) is 6.92 Å². The van der Waals surface area contributed by atoms with E-state index in [4.69, 9.17) is 5.26 Å². The average Bonchev–Trinajstić information content (AvgIpc) is 2.15. The second-order valence-corrected chi connectivity index (χ2v) is 2.94. The lowest BCUT2D eigenvalue weighted by Crippen LogP contribution is -2.20. The van der Waals surface area contributed by atoms with E-state index in [2.05, 4.69) is 5.32 Å². The van der Waals surface area contributed by atoms with Crippen molar-refractivity contribution in [3.63, 3.8) is 0 Å². The molecule has 78 valence electrons. The van der Waals surface area contributed by atoms with E-state index in [0.29, 0.717) is 0 Å². The average molecular weight is 210 g/mol. The molecule has 0 saturated heterocycles. The highest BCUT2D eigenvalue weighted by Gasteiger charge is 2.11. The largest absolute Gasteiger partial charge is 0.352 e. The van der Waals surface area contributed by atoms with Gasteiger partial charge in [0.05, 0.1) is 11.6 Å². The number of carbonyl (C=O) groups is 1. The van der Waals surface area contributed by atoms with Crippen LogP contribution in [0.25, 0.3) is 0 Å². The Labute approximate surface area is 85.3 Å². The minimum Gasteiger partial charge on any atom is -0.352 e. The molecule has 3 nitrogen and oxygen atoms in total. The molecule has 1 rings (SSSR count). The number of rotatable bonds is 2. The molecule has 0 aliphatic rings. The molecule has 1 N–H and O–H groups in total. The van der Waals surface area contributed by atoms with Gasteiger partial charge in [-0.25, -0.2) is 8.78 Å². The second-order valence-electron chi connectivity index (χ2n) is 2.94. The van der Waals surface area contributed by atoms with Crippen molar-refractivity contribution in [1.29, 1.82) is 5.26 Å². The number of hydrogen-bond donors (Lipinski definition) is 1. The highest BCUT2D eigenvalue weighted by atomic mass is 19.1. The number of nitrogens with zero attached hydrogens (tertiary/aromatic N) is 1. The van der Waals surface area contributed by atoms with Crippen molar-refractivity contribution in [1.82, 2.24) is 5.32 Å². The molecule has 0 unspecified atom stereocenters. The SMILES string of the molecule is CC(=O)NCc1c(F)cc(C#N)cc1F. The third kappa shape index (κ3) is 2.74. The van der Waals surface area contributed by atoms with Crippen LogP contribution in [0.15, 0.2) is 12.1 Å². The van der Waals surface area contributed by atoms with Crippen LogP contribution in [0.4, 0.5) is 8.78 Å². The van der Waals surface area contributed by atoms with Crippen molar-refractivity contribution in [2.45, 2.75) is 13.5 Å². The fourth-order valence-electron chi connectivity index (χ4n) is 1.05. The minimum absolute atomic E-state index is 0.0865. The van der Waals surface area contributed by atoms with E-state index in [1.54, 1.807) is 6.07 Å². The molecule has 1 amide bonds. The van der Waals surface area contributed by atoms with Crippen LogP contribution in [0.2, 0.25) is 0 Å². The van der Waals surface area contributed by atoms with Gasteiger partial charge in [-0.2, -0.15) is 5.26 Å². The van der Waals surface area contributed by atoms with Gasteiger partial charge in [-0.1, -0.05) is 0 Å². The van der Waals surface area contributed by atoms with Crippen LogP contribution in [-0.4, -0.2) is 5.91 Å². The number of benzene rings is 1. The summed E-state index contributed by atoms with van der Waals surface area (Å²) in [6.07, 6.45) is 0. The zero-order valence-corrected chi connectivity index (χ0v) is 7.97. The third-order valence-corrected chi connectivity index (χ3v) is 1.78. The molecule has 1 aromatic carbocycles. The molecular weight excluding hydrogens is 202 g/mol. The van der Waals surface area contributed by atoms with Crippen molar-refractivity contribution in [3.8, 4) is 6.07 Å². The van der Waals surface area contributed by atoms with Crippen LogP contribution < -0.4 is 5.32 Å².